The third-order valence-electron chi connectivity index (χ3n) is 3.58. The maximum absolute atomic E-state index is 10.3. The molecule has 2 N–H and O–H groups in total. The molecule has 1 saturated heterocycles. The van der Waals surface area contributed by atoms with Crippen LogP contribution >= 0.6 is 0 Å². The van der Waals surface area contributed by atoms with E-state index in [4.69, 9.17) is 0 Å². The Morgan fingerprint density at radius 2 is 2.47 bits per heavy atom. The lowest BCUT2D eigenvalue weighted by atomic mass is 9.91. The monoisotopic (exact) mass is 237 g/mol. The third kappa shape index (κ3) is 3.07. The summed E-state index contributed by atoms with van der Waals surface area (Å²) in [7, 11) is 0. The van der Waals surface area contributed by atoms with Crippen molar-refractivity contribution < 1.29 is 5.11 Å². The van der Waals surface area contributed by atoms with Gasteiger partial charge in [-0.05, 0) is 45.2 Å². The fraction of sp³-hybridized carbons (Fsp3) is 0.769. The number of hydrogen-bond acceptors (Lipinski definition) is 3. The number of hydrogen-bond donors (Lipinski definition) is 2. The van der Waals surface area contributed by atoms with Crippen molar-refractivity contribution in [1.29, 1.82) is 0 Å². The Kier molecular flexibility index (Phi) is 4.18. The van der Waals surface area contributed by atoms with Gasteiger partial charge in [-0.25, -0.2) is 0 Å². The summed E-state index contributed by atoms with van der Waals surface area (Å²) in [6, 6.07) is 2.09. The molecule has 0 radical (unpaired) electrons. The summed E-state index contributed by atoms with van der Waals surface area (Å²) in [5.74, 6) is 0.393. The van der Waals surface area contributed by atoms with E-state index in [0.29, 0.717) is 5.92 Å². The van der Waals surface area contributed by atoms with E-state index in [1.807, 2.05) is 11.6 Å². The van der Waals surface area contributed by atoms with Gasteiger partial charge in [-0.3, -0.25) is 4.68 Å². The van der Waals surface area contributed by atoms with Gasteiger partial charge in [-0.1, -0.05) is 0 Å². The molecule has 4 heteroatoms. The summed E-state index contributed by atoms with van der Waals surface area (Å²) in [5, 5.41) is 18.0. The molecule has 0 saturated carbocycles. The van der Waals surface area contributed by atoms with E-state index in [9.17, 15) is 5.11 Å². The first-order valence-corrected chi connectivity index (χ1v) is 6.62. The van der Waals surface area contributed by atoms with Crippen molar-refractivity contribution in [2.24, 2.45) is 5.92 Å². The highest BCUT2D eigenvalue weighted by Crippen LogP contribution is 2.18. The highest BCUT2D eigenvalue weighted by molar-refractivity contribution is 5.10. The molecule has 0 amide bonds. The van der Waals surface area contributed by atoms with E-state index in [0.717, 1.165) is 43.9 Å². The molecular formula is C13H23N3O. The van der Waals surface area contributed by atoms with Crippen molar-refractivity contribution >= 4 is 0 Å². The van der Waals surface area contributed by atoms with Crippen LogP contribution in [0.5, 0.6) is 0 Å². The van der Waals surface area contributed by atoms with Gasteiger partial charge in [0, 0.05) is 25.2 Å². The van der Waals surface area contributed by atoms with Crippen LogP contribution in [0, 0.1) is 12.8 Å². The lowest BCUT2D eigenvalue weighted by Crippen LogP contribution is -2.37. The first-order chi connectivity index (χ1) is 8.20. The third-order valence-corrected chi connectivity index (χ3v) is 3.58. The number of aromatic nitrogens is 2. The van der Waals surface area contributed by atoms with E-state index < -0.39 is 0 Å². The maximum atomic E-state index is 10.3. The molecule has 1 aromatic heterocycles. The molecular weight excluding hydrogens is 214 g/mol. The molecule has 2 atom stereocenters. The van der Waals surface area contributed by atoms with E-state index in [1.165, 1.54) is 6.42 Å². The largest absolute Gasteiger partial charge is 0.392 e. The second-order valence-electron chi connectivity index (χ2n) is 4.97. The molecule has 0 aliphatic carbocycles. The molecule has 2 heterocycles. The van der Waals surface area contributed by atoms with Crippen LogP contribution in [0.1, 0.15) is 31.2 Å². The van der Waals surface area contributed by atoms with Gasteiger partial charge in [-0.2, -0.15) is 5.10 Å². The second kappa shape index (κ2) is 5.65. The zero-order valence-corrected chi connectivity index (χ0v) is 10.8. The van der Waals surface area contributed by atoms with Crippen LogP contribution < -0.4 is 5.32 Å². The van der Waals surface area contributed by atoms with Gasteiger partial charge in [-0.15, -0.1) is 0 Å². The summed E-state index contributed by atoms with van der Waals surface area (Å²) >= 11 is 0. The molecule has 96 valence electrons. The number of rotatable bonds is 4. The number of aliphatic hydroxyl groups excluding tert-OH is 1. The Labute approximate surface area is 103 Å². The van der Waals surface area contributed by atoms with Crippen LogP contribution in [0.4, 0.5) is 0 Å². The summed E-state index contributed by atoms with van der Waals surface area (Å²) < 4.78 is 1.99. The van der Waals surface area contributed by atoms with Crippen LogP contribution in [0.15, 0.2) is 6.07 Å². The zero-order chi connectivity index (χ0) is 12.3. The van der Waals surface area contributed by atoms with Crippen molar-refractivity contribution in [3.05, 3.63) is 17.5 Å². The smallest absolute Gasteiger partial charge is 0.0635 e. The first-order valence-electron chi connectivity index (χ1n) is 6.62. The molecule has 1 fully saturated rings. The average Bonchev–Trinajstić information content (AvgIpc) is 2.70. The number of aryl methyl sites for hydroxylation is 2. The number of nitrogens with one attached hydrogen (secondary N) is 1. The van der Waals surface area contributed by atoms with Crippen molar-refractivity contribution in [2.45, 2.75) is 45.8 Å². The highest BCUT2D eigenvalue weighted by atomic mass is 16.3. The summed E-state index contributed by atoms with van der Waals surface area (Å²) in [5.41, 5.74) is 2.19. The summed E-state index contributed by atoms with van der Waals surface area (Å²) in [4.78, 5) is 0. The minimum absolute atomic E-state index is 0.246. The molecule has 2 unspecified atom stereocenters. The summed E-state index contributed by atoms with van der Waals surface area (Å²) in [6.07, 6.45) is 2.78. The summed E-state index contributed by atoms with van der Waals surface area (Å²) in [6.45, 7) is 7.00. The Morgan fingerprint density at radius 3 is 3.12 bits per heavy atom. The normalized spacial score (nSPS) is 22.6. The van der Waals surface area contributed by atoms with Crippen molar-refractivity contribution in [1.82, 2.24) is 15.1 Å². The fourth-order valence-corrected chi connectivity index (χ4v) is 2.63. The Hall–Kier alpha value is -0.870. The zero-order valence-electron chi connectivity index (χ0n) is 10.8. The van der Waals surface area contributed by atoms with Crippen LogP contribution in [-0.4, -0.2) is 34.1 Å². The SMILES string of the molecule is CCn1nc(C)cc1CC(O)C1CCCNC1. The average molecular weight is 237 g/mol. The lowest BCUT2D eigenvalue weighted by Gasteiger charge is -2.27. The topological polar surface area (TPSA) is 50.1 Å². The van der Waals surface area contributed by atoms with Crippen LogP contribution in [0.2, 0.25) is 0 Å². The van der Waals surface area contributed by atoms with Crippen LogP contribution in [0.3, 0.4) is 0 Å². The Bertz CT molecular complexity index is 356. The highest BCUT2D eigenvalue weighted by Gasteiger charge is 2.22. The van der Waals surface area contributed by atoms with Gasteiger partial charge in [0.2, 0.25) is 0 Å². The van der Waals surface area contributed by atoms with Crippen molar-refractivity contribution in [2.75, 3.05) is 13.1 Å². The minimum atomic E-state index is -0.246. The number of nitrogens with zero attached hydrogens (tertiary/aromatic N) is 2. The molecule has 0 bridgehead atoms. The predicted octanol–water partition coefficient (Wildman–Crippen LogP) is 1.11. The number of piperidine rings is 1. The fourth-order valence-electron chi connectivity index (χ4n) is 2.63. The molecule has 4 nitrogen and oxygen atoms in total. The van der Waals surface area contributed by atoms with Crippen LogP contribution in [-0.2, 0) is 13.0 Å². The first kappa shape index (κ1) is 12.6. The van der Waals surface area contributed by atoms with Gasteiger partial charge in [0.1, 0.15) is 0 Å². The quantitative estimate of drug-likeness (QED) is 0.825. The molecule has 0 aromatic carbocycles. The van der Waals surface area contributed by atoms with Crippen molar-refractivity contribution in [3.63, 3.8) is 0 Å². The van der Waals surface area contributed by atoms with E-state index in [1.54, 1.807) is 0 Å². The standard InChI is InChI=1S/C13H23N3O/c1-3-16-12(7-10(2)15-16)8-13(17)11-5-4-6-14-9-11/h7,11,13-14,17H,3-6,8-9H2,1-2H3. The minimum Gasteiger partial charge on any atom is -0.392 e. The molecule has 1 aromatic rings. The molecule has 17 heavy (non-hydrogen) atoms. The van der Waals surface area contributed by atoms with Gasteiger partial charge in [0.25, 0.3) is 0 Å². The molecule has 1 aliphatic rings. The number of aliphatic hydroxyl groups is 1. The Balaban J connectivity index is 1.98. The van der Waals surface area contributed by atoms with Gasteiger partial charge < -0.3 is 10.4 Å². The van der Waals surface area contributed by atoms with Gasteiger partial charge >= 0.3 is 0 Å². The van der Waals surface area contributed by atoms with Gasteiger partial charge in [0.15, 0.2) is 0 Å². The van der Waals surface area contributed by atoms with Gasteiger partial charge in [0.05, 0.1) is 11.8 Å². The molecule has 1 aliphatic heterocycles. The van der Waals surface area contributed by atoms with Crippen LogP contribution in [0.25, 0.3) is 0 Å². The van der Waals surface area contributed by atoms with E-state index in [-0.39, 0.29) is 6.10 Å². The second-order valence-corrected chi connectivity index (χ2v) is 4.97. The maximum Gasteiger partial charge on any atom is 0.0635 e. The predicted molar refractivity (Wildman–Crippen MR) is 67.9 cm³/mol. The van der Waals surface area contributed by atoms with E-state index >= 15 is 0 Å². The Morgan fingerprint density at radius 1 is 1.65 bits per heavy atom. The lowest BCUT2D eigenvalue weighted by molar-refractivity contribution is 0.0903. The molecule has 0 spiro atoms. The molecule has 2 rings (SSSR count). The van der Waals surface area contributed by atoms with Crippen molar-refractivity contribution in [3.8, 4) is 0 Å². The van der Waals surface area contributed by atoms with E-state index in [2.05, 4.69) is 23.4 Å².